The predicted molar refractivity (Wildman–Crippen MR) is 42.0 cm³/mol. The van der Waals surface area contributed by atoms with E-state index in [-0.39, 0.29) is 0 Å². The van der Waals surface area contributed by atoms with Crippen molar-refractivity contribution in [3.05, 3.63) is 0 Å². The molecule has 2 atom stereocenters. The Balaban J connectivity index is 1.90. The van der Waals surface area contributed by atoms with Gasteiger partial charge in [0, 0.05) is 11.0 Å². The number of rotatable bonds is 4. The van der Waals surface area contributed by atoms with Crippen LogP contribution in [0.3, 0.4) is 0 Å². The molecule has 9 heavy (non-hydrogen) atoms. The third kappa shape index (κ3) is 3.11. The van der Waals surface area contributed by atoms with Crippen molar-refractivity contribution >= 4 is 11.8 Å². The zero-order valence-electron chi connectivity index (χ0n) is 6.09. The molecule has 1 heterocycles. The molecule has 0 N–H and O–H groups in total. The molecule has 1 saturated heterocycles. The van der Waals surface area contributed by atoms with Crippen molar-refractivity contribution in [3.63, 3.8) is 0 Å². The highest BCUT2D eigenvalue weighted by atomic mass is 32.2. The van der Waals surface area contributed by atoms with E-state index in [1.807, 2.05) is 11.8 Å². The van der Waals surface area contributed by atoms with Gasteiger partial charge in [0.15, 0.2) is 0 Å². The van der Waals surface area contributed by atoms with Crippen LogP contribution in [0.5, 0.6) is 0 Å². The van der Waals surface area contributed by atoms with Crippen LogP contribution in [0.4, 0.5) is 0 Å². The molecule has 0 aromatic heterocycles. The largest absolute Gasteiger partial charge is 0.372 e. The second-order valence-corrected chi connectivity index (χ2v) is 3.98. The standard InChI is InChI=1S/C7H14OS/c1-3-6(2)9-5-7-4-8-7/h6-7H,3-5H2,1-2H3. The van der Waals surface area contributed by atoms with Crippen LogP contribution in [-0.4, -0.2) is 23.7 Å². The van der Waals surface area contributed by atoms with Gasteiger partial charge in [0.2, 0.25) is 0 Å². The lowest BCUT2D eigenvalue weighted by Crippen LogP contribution is -1.98. The summed E-state index contributed by atoms with van der Waals surface area (Å²) >= 11 is 2.02. The van der Waals surface area contributed by atoms with Crippen LogP contribution in [0.15, 0.2) is 0 Å². The Morgan fingerprint density at radius 1 is 1.78 bits per heavy atom. The number of hydrogen-bond donors (Lipinski definition) is 0. The summed E-state index contributed by atoms with van der Waals surface area (Å²) in [5, 5.41) is 0.814. The summed E-state index contributed by atoms with van der Waals surface area (Å²) in [5.41, 5.74) is 0. The summed E-state index contributed by atoms with van der Waals surface area (Å²) in [6, 6.07) is 0. The van der Waals surface area contributed by atoms with Gasteiger partial charge >= 0.3 is 0 Å². The Morgan fingerprint density at radius 3 is 2.89 bits per heavy atom. The van der Waals surface area contributed by atoms with E-state index < -0.39 is 0 Å². The van der Waals surface area contributed by atoms with Crippen LogP contribution in [0, 0.1) is 0 Å². The Bertz CT molecular complexity index is 81.0. The van der Waals surface area contributed by atoms with E-state index in [4.69, 9.17) is 4.74 Å². The van der Waals surface area contributed by atoms with Crippen LogP contribution in [0.1, 0.15) is 20.3 Å². The first-order valence-electron chi connectivity index (χ1n) is 3.56. The summed E-state index contributed by atoms with van der Waals surface area (Å²) in [4.78, 5) is 0. The first kappa shape index (κ1) is 7.42. The van der Waals surface area contributed by atoms with Gasteiger partial charge in [-0.15, -0.1) is 0 Å². The average Bonchev–Trinajstić information content (AvgIpc) is 2.65. The van der Waals surface area contributed by atoms with Crippen LogP contribution in [0.25, 0.3) is 0 Å². The van der Waals surface area contributed by atoms with E-state index in [9.17, 15) is 0 Å². The Kier molecular flexibility index (Phi) is 2.86. The van der Waals surface area contributed by atoms with Gasteiger partial charge in [-0.25, -0.2) is 0 Å². The summed E-state index contributed by atoms with van der Waals surface area (Å²) < 4.78 is 5.08. The second-order valence-electron chi connectivity index (χ2n) is 2.51. The average molecular weight is 146 g/mol. The molecule has 1 rings (SSSR count). The highest BCUT2D eigenvalue weighted by Crippen LogP contribution is 2.20. The highest BCUT2D eigenvalue weighted by molar-refractivity contribution is 7.99. The van der Waals surface area contributed by atoms with Crippen LogP contribution >= 0.6 is 11.8 Å². The fraction of sp³-hybridized carbons (Fsp3) is 1.00. The molecule has 0 saturated carbocycles. The quantitative estimate of drug-likeness (QED) is 0.562. The third-order valence-electron chi connectivity index (χ3n) is 1.54. The van der Waals surface area contributed by atoms with Gasteiger partial charge in [-0.2, -0.15) is 11.8 Å². The van der Waals surface area contributed by atoms with E-state index in [1.54, 1.807) is 0 Å². The van der Waals surface area contributed by atoms with Gasteiger partial charge in [0.05, 0.1) is 12.7 Å². The minimum atomic E-state index is 0.601. The lowest BCUT2D eigenvalue weighted by atomic mass is 10.4. The molecular weight excluding hydrogens is 132 g/mol. The number of hydrogen-bond acceptors (Lipinski definition) is 2. The molecule has 0 radical (unpaired) electrons. The molecule has 1 fully saturated rings. The Morgan fingerprint density at radius 2 is 2.44 bits per heavy atom. The van der Waals surface area contributed by atoms with Crippen molar-refractivity contribution in [1.82, 2.24) is 0 Å². The van der Waals surface area contributed by atoms with E-state index in [0.29, 0.717) is 6.10 Å². The summed E-state index contributed by atoms with van der Waals surface area (Å²) in [6.45, 7) is 5.50. The number of thioether (sulfide) groups is 1. The normalized spacial score (nSPS) is 28.0. The molecule has 0 spiro atoms. The molecule has 2 heteroatoms. The Labute approximate surface area is 61.2 Å². The van der Waals surface area contributed by atoms with Crippen molar-refractivity contribution < 1.29 is 4.74 Å². The zero-order chi connectivity index (χ0) is 6.69. The van der Waals surface area contributed by atoms with Gasteiger partial charge in [-0.1, -0.05) is 13.8 Å². The molecular formula is C7H14OS. The van der Waals surface area contributed by atoms with E-state index in [2.05, 4.69) is 13.8 Å². The van der Waals surface area contributed by atoms with Gasteiger partial charge in [0.25, 0.3) is 0 Å². The molecule has 2 unspecified atom stereocenters. The SMILES string of the molecule is CCC(C)SCC1CO1. The lowest BCUT2D eigenvalue weighted by Gasteiger charge is -2.04. The van der Waals surface area contributed by atoms with Crippen molar-refractivity contribution in [1.29, 1.82) is 0 Å². The molecule has 1 aliphatic heterocycles. The molecule has 0 bridgehead atoms. The first-order valence-corrected chi connectivity index (χ1v) is 4.61. The molecule has 1 nitrogen and oxygen atoms in total. The van der Waals surface area contributed by atoms with E-state index in [1.165, 1.54) is 12.2 Å². The topological polar surface area (TPSA) is 12.5 Å². The maximum atomic E-state index is 5.08. The third-order valence-corrected chi connectivity index (χ3v) is 3.01. The molecule has 0 amide bonds. The second kappa shape index (κ2) is 3.47. The van der Waals surface area contributed by atoms with Gasteiger partial charge in [-0.3, -0.25) is 0 Å². The highest BCUT2D eigenvalue weighted by Gasteiger charge is 2.22. The minimum Gasteiger partial charge on any atom is -0.372 e. The monoisotopic (exact) mass is 146 g/mol. The molecule has 54 valence electrons. The van der Waals surface area contributed by atoms with Gasteiger partial charge < -0.3 is 4.74 Å². The molecule has 0 aromatic carbocycles. The smallest absolute Gasteiger partial charge is 0.0900 e. The maximum absolute atomic E-state index is 5.08. The number of ether oxygens (including phenoxy) is 1. The Hall–Kier alpha value is 0.310. The summed E-state index contributed by atoms with van der Waals surface area (Å²) in [5.74, 6) is 1.20. The van der Waals surface area contributed by atoms with Crippen molar-refractivity contribution in [2.75, 3.05) is 12.4 Å². The molecule has 1 aliphatic rings. The lowest BCUT2D eigenvalue weighted by molar-refractivity contribution is 0.426. The first-order chi connectivity index (χ1) is 4.33. The van der Waals surface area contributed by atoms with E-state index >= 15 is 0 Å². The van der Waals surface area contributed by atoms with Crippen LogP contribution in [-0.2, 0) is 4.74 Å². The number of epoxide rings is 1. The van der Waals surface area contributed by atoms with Gasteiger partial charge in [0.1, 0.15) is 0 Å². The van der Waals surface area contributed by atoms with Crippen molar-refractivity contribution in [3.8, 4) is 0 Å². The van der Waals surface area contributed by atoms with Gasteiger partial charge in [-0.05, 0) is 6.42 Å². The van der Waals surface area contributed by atoms with E-state index in [0.717, 1.165) is 11.9 Å². The molecule has 0 aliphatic carbocycles. The summed E-state index contributed by atoms with van der Waals surface area (Å²) in [6.07, 6.45) is 1.88. The zero-order valence-corrected chi connectivity index (χ0v) is 6.91. The van der Waals surface area contributed by atoms with Crippen molar-refractivity contribution in [2.24, 2.45) is 0 Å². The minimum absolute atomic E-state index is 0.601. The fourth-order valence-electron chi connectivity index (χ4n) is 0.554. The predicted octanol–water partition coefficient (Wildman–Crippen LogP) is 1.92. The van der Waals surface area contributed by atoms with Crippen LogP contribution in [0.2, 0.25) is 0 Å². The molecule has 0 aromatic rings. The fourth-order valence-corrected chi connectivity index (χ4v) is 1.53. The van der Waals surface area contributed by atoms with Crippen molar-refractivity contribution in [2.45, 2.75) is 31.6 Å². The summed E-state index contributed by atoms with van der Waals surface area (Å²) in [7, 11) is 0. The maximum Gasteiger partial charge on any atom is 0.0900 e. The van der Waals surface area contributed by atoms with Crippen LogP contribution < -0.4 is 0 Å².